The van der Waals surface area contributed by atoms with Crippen molar-refractivity contribution in [3.63, 3.8) is 0 Å². The van der Waals surface area contributed by atoms with E-state index in [0.29, 0.717) is 6.04 Å². The number of aliphatic hydroxyl groups is 1. The van der Waals surface area contributed by atoms with Crippen LogP contribution in [-0.2, 0) is 0 Å². The van der Waals surface area contributed by atoms with E-state index in [1.54, 1.807) is 0 Å². The average molecular weight is 199 g/mol. The molecule has 14 heavy (non-hydrogen) atoms. The van der Waals surface area contributed by atoms with Gasteiger partial charge in [-0.1, -0.05) is 13.8 Å². The molecule has 0 unspecified atom stereocenters. The van der Waals surface area contributed by atoms with Gasteiger partial charge in [0.1, 0.15) is 0 Å². The molecule has 2 nitrogen and oxygen atoms in total. The molecular formula is C12H25NO. The molecule has 0 heterocycles. The molecule has 1 fully saturated rings. The summed E-state index contributed by atoms with van der Waals surface area (Å²) in [5, 5.41) is 12.4. The van der Waals surface area contributed by atoms with Gasteiger partial charge in [0, 0.05) is 12.1 Å². The first-order chi connectivity index (χ1) is 6.63. The Kier molecular flexibility index (Phi) is 4.90. The molecule has 0 spiro atoms. The molecule has 0 aromatic rings. The van der Waals surface area contributed by atoms with Gasteiger partial charge in [-0.15, -0.1) is 0 Å². The van der Waals surface area contributed by atoms with Crippen LogP contribution in [0, 0.1) is 11.8 Å². The van der Waals surface area contributed by atoms with Crippen molar-refractivity contribution in [1.82, 2.24) is 5.32 Å². The first kappa shape index (κ1) is 12.0. The molecule has 0 amide bonds. The van der Waals surface area contributed by atoms with E-state index in [4.69, 9.17) is 5.11 Å². The highest BCUT2D eigenvalue weighted by atomic mass is 16.3. The fourth-order valence-corrected chi connectivity index (χ4v) is 2.41. The number of rotatable bonds is 4. The number of hydrogen-bond acceptors (Lipinski definition) is 2. The molecular weight excluding hydrogens is 174 g/mol. The standard InChI is InChI=1S/C12H25NO/c1-9(2)11-4-6-12(7-5-11)13-10(3)8-14/h9-14H,4-8H2,1-3H3/t10-,11?,12?/m1/s1. The largest absolute Gasteiger partial charge is 0.395 e. The van der Waals surface area contributed by atoms with Gasteiger partial charge in [0.05, 0.1) is 6.61 Å². The predicted octanol–water partition coefficient (Wildman–Crippen LogP) is 2.17. The number of aliphatic hydroxyl groups excluding tert-OH is 1. The molecule has 0 radical (unpaired) electrons. The van der Waals surface area contributed by atoms with Crippen LogP contribution in [0.15, 0.2) is 0 Å². The highest BCUT2D eigenvalue weighted by Gasteiger charge is 2.23. The van der Waals surface area contributed by atoms with Crippen LogP contribution in [0.1, 0.15) is 46.5 Å². The van der Waals surface area contributed by atoms with Crippen molar-refractivity contribution in [2.24, 2.45) is 11.8 Å². The Hall–Kier alpha value is -0.0800. The van der Waals surface area contributed by atoms with Crippen LogP contribution in [0.5, 0.6) is 0 Å². The third-order valence-corrected chi connectivity index (χ3v) is 3.51. The van der Waals surface area contributed by atoms with E-state index >= 15 is 0 Å². The molecule has 0 aliphatic heterocycles. The average Bonchev–Trinajstić information content (AvgIpc) is 2.18. The van der Waals surface area contributed by atoms with E-state index in [9.17, 15) is 0 Å². The fourth-order valence-electron chi connectivity index (χ4n) is 2.41. The zero-order chi connectivity index (χ0) is 10.6. The van der Waals surface area contributed by atoms with E-state index in [1.165, 1.54) is 25.7 Å². The molecule has 1 aliphatic carbocycles. The van der Waals surface area contributed by atoms with Crippen LogP contribution >= 0.6 is 0 Å². The Morgan fingerprint density at radius 3 is 2.14 bits per heavy atom. The molecule has 0 aromatic carbocycles. The van der Waals surface area contributed by atoms with Gasteiger partial charge in [0.2, 0.25) is 0 Å². The van der Waals surface area contributed by atoms with Crippen LogP contribution in [-0.4, -0.2) is 23.8 Å². The topological polar surface area (TPSA) is 32.3 Å². The summed E-state index contributed by atoms with van der Waals surface area (Å²) < 4.78 is 0. The second-order valence-corrected chi connectivity index (χ2v) is 5.11. The van der Waals surface area contributed by atoms with Crippen LogP contribution in [0.4, 0.5) is 0 Å². The van der Waals surface area contributed by atoms with Gasteiger partial charge < -0.3 is 10.4 Å². The summed E-state index contributed by atoms with van der Waals surface area (Å²) in [6.45, 7) is 6.96. The lowest BCUT2D eigenvalue weighted by Gasteiger charge is -2.32. The van der Waals surface area contributed by atoms with Crippen molar-refractivity contribution in [1.29, 1.82) is 0 Å². The Balaban J connectivity index is 2.22. The molecule has 2 heteroatoms. The molecule has 84 valence electrons. The predicted molar refractivity (Wildman–Crippen MR) is 60.3 cm³/mol. The molecule has 0 bridgehead atoms. The Bertz CT molecular complexity index is 150. The third kappa shape index (κ3) is 3.58. The Labute approximate surface area is 88.1 Å². The summed E-state index contributed by atoms with van der Waals surface area (Å²) in [5.41, 5.74) is 0. The SMILES string of the molecule is CC(C)C1CCC(N[C@H](C)CO)CC1. The maximum atomic E-state index is 8.94. The highest BCUT2D eigenvalue weighted by molar-refractivity contribution is 4.80. The monoisotopic (exact) mass is 199 g/mol. The van der Waals surface area contributed by atoms with E-state index in [0.717, 1.165) is 11.8 Å². The van der Waals surface area contributed by atoms with Gasteiger partial charge in [-0.3, -0.25) is 0 Å². The molecule has 1 rings (SSSR count). The van der Waals surface area contributed by atoms with Crippen LogP contribution in [0.25, 0.3) is 0 Å². The molecule has 1 atom stereocenters. The second-order valence-electron chi connectivity index (χ2n) is 5.11. The summed E-state index contributed by atoms with van der Waals surface area (Å²) >= 11 is 0. The van der Waals surface area contributed by atoms with Crippen molar-refractivity contribution >= 4 is 0 Å². The summed E-state index contributed by atoms with van der Waals surface area (Å²) in [4.78, 5) is 0. The number of nitrogens with one attached hydrogen (secondary N) is 1. The van der Waals surface area contributed by atoms with Crippen LogP contribution in [0.3, 0.4) is 0 Å². The maximum Gasteiger partial charge on any atom is 0.0582 e. The Morgan fingerprint density at radius 1 is 1.14 bits per heavy atom. The van der Waals surface area contributed by atoms with Crippen LogP contribution in [0.2, 0.25) is 0 Å². The molecule has 0 aromatic heterocycles. The first-order valence-corrected chi connectivity index (χ1v) is 6.00. The van der Waals surface area contributed by atoms with Crippen molar-refractivity contribution in [3.8, 4) is 0 Å². The summed E-state index contributed by atoms with van der Waals surface area (Å²) in [5.74, 6) is 1.77. The minimum absolute atomic E-state index is 0.254. The second kappa shape index (κ2) is 5.72. The van der Waals surface area contributed by atoms with E-state index in [-0.39, 0.29) is 12.6 Å². The van der Waals surface area contributed by atoms with Gasteiger partial charge >= 0.3 is 0 Å². The molecule has 0 saturated heterocycles. The van der Waals surface area contributed by atoms with Gasteiger partial charge in [-0.05, 0) is 44.4 Å². The van der Waals surface area contributed by atoms with E-state index < -0.39 is 0 Å². The van der Waals surface area contributed by atoms with Crippen molar-refractivity contribution in [3.05, 3.63) is 0 Å². The van der Waals surface area contributed by atoms with Crippen molar-refractivity contribution < 1.29 is 5.11 Å². The molecule has 2 N–H and O–H groups in total. The van der Waals surface area contributed by atoms with Gasteiger partial charge in [-0.2, -0.15) is 0 Å². The highest BCUT2D eigenvalue weighted by Crippen LogP contribution is 2.29. The summed E-state index contributed by atoms with van der Waals surface area (Å²) in [7, 11) is 0. The van der Waals surface area contributed by atoms with Gasteiger partial charge in [0.25, 0.3) is 0 Å². The fraction of sp³-hybridized carbons (Fsp3) is 1.00. The first-order valence-electron chi connectivity index (χ1n) is 6.00. The third-order valence-electron chi connectivity index (χ3n) is 3.51. The van der Waals surface area contributed by atoms with Gasteiger partial charge in [-0.25, -0.2) is 0 Å². The van der Waals surface area contributed by atoms with Gasteiger partial charge in [0.15, 0.2) is 0 Å². The summed E-state index contributed by atoms with van der Waals surface area (Å²) in [6.07, 6.45) is 5.28. The van der Waals surface area contributed by atoms with E-state index in [1.807, 2.05) is 0 Å². The maximum absolute atomic E-state index is 8.94. The van der Waals surface area contributed by atoms with Crippen molar-refractivity contribution in [2.45, 2.75) is 58.5 Å². The van der Waals surface area contributed by atoms with Crippen LogP contribution < -0.4 is 5.32 Å². The zero-order valence-corrected chi connectivity index (χ0v) is 9.79. The lowest BCUT2D eigenvalue weighted by molar-refractivity contribution is 0.199. The smallest absolute Gasteiger partial charge is 0.0582 e. The normalized spacial score (nSPS) is 30.6. The van der Waals surface area contributed by atoms with E-state index in [2.05, 4.69) is 26.1 Å². The zero-order valence-electron chi connectivity index (χ0n) is 9.79. The molecule has 1 saturated carbocycles. The molecule has 1 aliphatic rings. The number of hydrogen-bond donors (Lipinski definition) is 2. The summed E-state index contributed by atoms with van der Waals surface area (Å²) in [6, 6.07) is 0.905. The minimum Gasteiger partial charge on any atom is -0.395 e. The lowest BCUT2D eigenvalue weighted by Crippen LogP contribution is -2.41. The lowest BCUT2D eigenvalue weighted by atomic mass is 9.79. The Morgan fingerprint density at radius 2 is 1.71 bits per heavy atom. The van der Waals surface area contributed by atoms with Crippen molar-refractivity contribution in [2.75, 3.05) is 6.61 Å². The minimum atomic E-state index is 0.254. The quantitative estimate of drug-likeness (QED) is 0.727.